The molecule has 6 heteroatoms. The van der Waals surface area contributed by atoms with Gasteiger partial charge in [0.2, 0.25) is 11.8 Å². The minimum atomic E-state index is -0.0399. The van der Waals surface area contributed by atoms with Gasteiger partial charge in [-0.3, -0.25) is 9.59 Å². The molecule has 0 aromatic carbocycles. The van der Waals surface area contributed by atoms with Gasteiger partial charge in [0.1, 0.15) is 0 Å². The number of halogens is 1. The Morgan fingerprint density at radius 3 is 2.46 bits per heavy atom. The first-order chi connectivity index (χ1) is 10.8. The Morgan fingerprint density at radius 2 is 1.88 bits per heavy atom. The van der Waals surface area contributed by atoms with E-state index in [0.29, 0.717) is 6.54 Å². The zero-order chi connectivity index (χ0) is 17.2. The van der Waals surface area contributed by atoms with Crippen LogP contribution in [-0.4, -0.2) is 53.8 Å². The maximum absolute atomic E-state index is 12.9. The van der Waals surface area contributed by atoms with Crippen molar-refractivity contribution in [1.29, 1.82) is 0 Å². The number of nitrogens with two attached hydrogens (primary N) is 1. The number of rotatable bonds is 3. The van der Waals surface area contributed by atoms with E-state index >= 15 is 0 Å². The topological polar surface area (TPSA) is 66.6 Å². The lowest BCUT2D eigenvalue weighted by molar-refractivity contribution is -0.144. The van der Waals surface area contributed by atoms with Crippen LogP contribution in [-0.2, 0) is 9.59 Å². The molecule has 2 heterocycles. The lowest BCUT2D eigenvalue weighted by Gasteiger charge is -2.44. The van der Waals surface area contributed by atoms with Crippen LogP contribution in [0.4, 0.5) is 0 Å². The first-order valence-electron chi connectivity index (χ1n) is 9.09. The average molecular weight is 360 g/mol. The lowest BCUT2D eigenvalue weighted by atomic mass is 9.79. The smallest absolute Gasteiger partial charge is 0.227 e. The van der Waals surface area contributed by atoms with Gasteiger partial charge in [0, 0.05) is 38.1 Å². The van der Waals surface area contributed by atoms with Gasteiger partial charge in [-0.25, -0.2) is 0 Å². The molecular weight excluding hydrogens is 326 g/mol. The second kappa shape index (κ2) is 8.52. The SMILES string of the molecule is CCC(C)C(=O)N1CCCC(C(=O)N2CCC(N)C(C)(C)C2)C1.Cl. The summed E-state index contributed by atoms with van der Waals surface area (Å²) in [6.07, 6.45) is 3.54. The summed E-state index contributed by atoms with van der Waals surface area (Å²) in [5.41, 5.74) is 6.14. The second-order valence-electron chi connectivity index (χ2n) is 8.08. The molecule has 0 spiro atoms. The van der Waals surface area contributed by atoms with E-state index in [4.69, 9.17) is 5.73 Å². The van der Waals surface area contributed by atoms with Crippen molar-refractivity contribution in [3.63, 3.8) is 0 Å². The Kier molecular flexibility index (Phi) is 7.54. The molecule has 24 heavy (non-hydrogen) atoms. The number of carbonyl (C=O) groups is 2. The Morgan fingerprint density at radius 1 is 1.21 bits per heavy atom. The molecule has 2 N–H and O–H groups in total. The van der Waals surface area contributed by atoms with Crippen LogP contribution in [0.15, 0.2) is 0 Å². The van der Waals surface area contributed by atoms with Crippen LogP contribution in [0.1, 0.15) is 53.4 Å². The molecule has 0 bridgehead atoms. The minimum Gasteiger partial charge on any atom is -0.342 e. The van der Waals surface area contributed by atoms with Crippen LogP contribution in [0.25, 0.3) is 0 Å². The summed E-state index contributed by atoms with van der Waals surface area (Å²) < 4.78 is 0. The van der Waals surface area contributed by atoms with Gasteiger partial charge in [0.25, 0.3) is 0 Å². The quantitative estimate of drug-likeness (QED) is 0.840. The molecule has 0 radical (unpaired) electrons. The molecule has 2 saturated heterocycles. The Balaban J connectivity index is 0.00000288. The molecule has 2 rings (SSSR count). The normalized spacial score (nSPS) is 28.0. The molecule has 5 nitrogen and oxygen atoms in total. The van der Waals surface area contributed by atoms with Crippen molar-refractivity contribution in [2.75, 3.05) is 26.2 Å². The van der Waals surface area contributed by atoms with Crippen LogP contribution in [0.5, 0.6) is 0 Å². The molecule has 2 aliphatic heterocycles. The van der Waals surface area contributed by atoms with Crippen molar-refractivity contribution in [1.82, 2.24) is 9.80 Å². The van der Waals surface area contributed by atoms with E-state index in [1.54, 1.807) is 0 Å². The van der Waals surface area contributed by atoms with Crippen molar-refractivity contribution < 1.29 is 9.59 Å². The summed E-state index contributed by atoms with van der Waals surface area (Å²) in [5.74, 6) is 0.426. The van der Waals surface area contributed by atoms with Crippen LogP contribution in [0, 0.1) is 17.3 Å². The summed E-state index contributed by atoms with van der Waals surface area (Å²) in [6.45, 7) is 11.1. The first kappa shape index (κ1) is 21.2. The van der Waals surface area contributed by atoms with Crippen molar-refractivity contribution >= 4 is 24.2 Å². The summed E-state index contributed by atoms with van der Waals surface area (Å²) >= 11 is 0. The largest absolute Gasteiger partial charge is 0.342 e. The molecule has 3 atom stereocenters. The van der Waals surface area contributed by atoms with Crippen molar-refractivity contribution in [2.45, 2.75) is 59.4 Å². The van der Waals surface area contributed by atoms with Gasteiger partial charge in [-0.15, -0.1) is 12.4 Å². The standard InChI is InChI=1S/C18H33N3O2.ClH/c1-5-13(2)16(22)20-9-6-7-14(11-20)17(23)21-10-8-15(19)18(3,4)12-21;/h13-15H,5-12,19H2,1-4H3;1H. The van der Waals surface area contributed by atoms with E-state index in [1.807, 2.05) is 23.6 Å². The number of nitrogens with zero attached hydrogens (tertiary/aromatic N) is 2. The van der Waals surface area contributed by atoms with Crippen LogP contribution in [0.2, 0.25) is 0 Å². The molecule has 2 fully saturated rings. The van der Waals surface area contributed by atoms with Crippen molar-refractivity contribution in [3.8, 4) is 0 Å². The third-order valence-corrected chi connectivity index (χ3v) is 5.74. The highest BCUT2D eigenvalue weighted by Gasteiger charge is 2.38. The summed E-state index contributed by atoms with van der Waals surface area (Å²) in [5, 5.41) is 0. The van der Waals surface area contributed by atoms with Gasteiger partial charge >= 0.3 is 0 Å². The molecular formula is C18H34ClN3O2. The minimum absolute atomic E-state index is 0. The predicted octanol–water partition coefficient (Wildman–Crippen LogP) is 2.28. The van der Waals surface area contributed by atoms with E-state index in [2.05, 4.69) is 13.8 Å². The van der Waals surface area contributed by atoms with Crippen LogP contribution < -0.4 is 5.73 Å². The fourth-order valence-electron chi connectivity index (χ4n) is 3.69. The molecule has 3 unspecified atom stereocenters. The molecule has 0 aromatic rings. The fourth-order valence-corrected chi connectivity index (χ4v) is 3.69. The van der Waals surface area contributed by atoms with Gasteiger partial charge in [-0.1, -0.05) is 27.7 Å². The van der Waals surface area contributed by atoms with E-state index in [0.717, 1.165) is 45.3 Å². The number of amides is 2. The van der Waals surface area contributed by atoms with E-state index in [-0.39, 0.29) is 47.5 Å². The lowest BCUT2D eigenvalue weighted by Crippen LogP contribution is -2.56. The fraction of sp³-hybridized carbons (Fsp3) is 0.889. The van der Waals surface area contributed by atoms with Gasteiger partial charge in [0.15, 0.2) is 0 Å². The highest BCUT2D eigenvalue weighted by Crippen LogP contribution is 2.30. The number of hydrogen-bond acceptors (Lipinski definition) is 3. The maximum Gasteiger partial charge on any atom is 0.227 e. The van der Waals surface area contributed by atoms with Gasteiger partial charge in [-0.2, -0.15) is 0 Å². The number of carbonyl (C=O) groups excluding carboxylic acids is 2. The number of likely N-dealkylation sites (tertiary alicyclic amines) is 2. The monoisotopic (exact) mass is 359 g/mol. The maximum atomic E-state index is 12.9. The molecule has 2 aliphatic rings. The van der Waals surface area contributed by atoms with E-state index in [1.165, 1.54) is 0 Å². The van der Waals surface area contributed by atoms with Gasteiger partial charge < -0.3 is 15.5 Å². The molecule has 2 amide bonds. The third-order valence-electron chi connectivity index (χ3n) is 5.74. The third kappa shape index (κ3) is 4.63. The second-order valence-corrected chi connectivity index (χ2v) is 8.08. The van der Waals surface area contributed by atoms with E-state index in [9.17, 15) is 9.59 Å². The van der Waals surface area contributed by atoms with Gasteiger partial charge in [0.05, 0.1) is 5.92 Å². The zero-order valence-electron chi connectivity index (χ0n) is 15.6. The predicted molar refractivity (Wildman–Crippen MR) is 99.0 cm³/mol. The highest BCUT2D eigenvalue weighted by molar-refractivity contribution is 5.85. The average Bonchev–Trinajstić information content (AvgIpc) is 2.55. The molecule has 140 valence electrons. The number of hydrogen-bond donors (Lipinski definition) is 1. The number of piperidine rings is 2. The Labute approximate surface area is 152 Å². The Hall–Kier alpha value is -0.810. The van der Waals surface area contributed by atoms with Crippen molar-refractivity contribution in [3.05, 3.63) is 0 Å². The summed E-state index contributed by atoms with van der Waals surface area (Å²) in [7, 11) is 0. The van der Waals surface area contributed by atoms with Crippen LogP contribution in [0.3, 0.4) is 0 Å². The van der Waals surface area contributed by atoms with Crippen LogP contribution >= 0.6 is 12.4 Å². The molecule has 0 aliphatic carbocycles. The van der Waals surface area contributed by atoms with E-state index < -0.39 is 0 Å². The summed E-state index contributed by atoms with van der Waals surface area (Å²) in [6, 6.07) is 0.154. The molecule has 0 aromatic heterocycles. The van der Waals surface area contributed by atoms with Gasteiger partial charge in [-0.05, 0) is 31.1 Å². The molecule has 0 saturated carbocycles. The first-order valence-corrected chi connectivity index (χ1v) is 9.09. The Bertz CT molecular complexity index is 456. The summed E-state index contributed by atoms with van der Waals surface area (Å²) in [4.78, 5) is 29.2. The zero-order valence-corrected chi connectivity index (χ0v) is 16.4. The highest BCUT2D eigenvalue weighted by atomic mass is 35.5. The van der Waals surface area contributed by atoms with Crippen molar-refractivity contribution in [2.24, 2.45) is 23.0 Å².